The lowest BCUT2D eigenvalue weighted by Crippen LogP contribution is -2.45. The molecule has 0 unspecified atom stereocenters. The third kappa shape index (κ3) is 6.81. The minimum absolute atomic E-state index is 0.202. The van der Waals surface area contributed by atoms with Gasteiger partial charge in [0.1, 0.15) is 24.0 Å². The SMILES string of the molecule is CN1CCN(CCOc2ccc(Nc3cc(Nc4cc5c(cn4)cc(-c4c(Cl)cccc4Cl)c(=O)n5C)ccn3)cc2)CC1. The first-order chi connectivity index (χ1) is 21.3. The van der Waals surface area contributed by atoms with Gasteiger partial charge < -0.3 is 24.8 Å². The quantitative estimate of drug-likeness (QED) is 0.193. The fraction of sp³-hybridized carbons (Fsp3) is 0.242. The molecule has 0 aliphatic carbocycles. The molecule has 3 aromatic heterocycles. The summed E-state index contributed by atoms with van der Waals surface area (Å²) < 4.78 is 7.54. The van der Waals surface area contributed by atoms with Gasteiger partial charge in [0.05, 0.1) is 21.1 Å². The van der Waals surface area contributed by atoms with Crippen LogP contribution in [0.25, 0.3) is 22.0 Å². The van der Waals surface area contributed by atoms with Gasteiger partial charge in [-0.05, 0) is 55.6 Å². The average Bonchev–Trinajstić information content (AvgIpc) is 3.02. The second-order valence-corrected chi connectivity index (χ2v) is 11.7. The Hall–Kier alpha value is -4.15. The van der Waals surface area contributed by atoms with Gasteiger partial charge in [-0.3, -0.25) is 9.69 Å². The number of nitrogens with zero attached hydrogens (tertiary/aromatic N) is 5. The third-order valence-electron chi connectivity index (χ3n) is 7.77. The molecule has 2 aromatic carbocycles. The molecule has 1 saturated heterocycles. The maximum atomic E-state index is 13.3. The van der Waals surface area contributed by atoms with E-state index in [1.807, 2.05) is 42.5 Å². The molecule has 6 rings (SSSR count). The molecular formula is C33H33Cl2N7O2. The first-order valence-electron chi connectivity index (χ1n) is 14.4. The standard InChI is InChI=1S/C33H33Cl2N7O2/c1-40-12-14-42(15-13-40)16-17-44-25-8-6-23(7-9-25)38-30-19-24(10-11-36-30)39-31-20-29-22(21-37-31)18-26(33(43)41(29)2)32-27(34)4-3-5-28(32)35/h3-11,18-21H,12-17H2,1-2H3,(H2,36,37,38,39). The van der Waals surface area contributed by atoms with Crippen molar-refractivity contribution in [1.29, 1.82) is 0 Å². The van der Waals surface area contributed by atoms with Crippen molar-refractivity contribution in [3.8, 4) is 16.9 Å². The van der Waals surface area contributed by atoms with E-state index in [0.717, 1.165) is 60.8 Å². The predicted octanol–water partition coefficient (Wildman–Crippen LogP) is 6.42. The number of likely N-dealkylation sites (N-methyl/N-ethyl adjacent to an activating group) is 1. The van der Waals surface area contributed by atoms with Crippen molar-refractivity contribution in [2.75, 3.05) is 57.0 Å². The average molecular weight is 631 g/mol. The highest BCUT2D eigenvalue weighted by Gasteiger charge is 2.16. The number of anilines is 4. The zero-order chi connectivity index (χ0) is 30.6. The summed E-state index contributed by atoms with van der Waals surface area (Å²) in [5.41, 5.74) is 3.15. The number of fused-ring (bicyclic) bond motifs is 1. The first-order valence-corrected chi connectivity index (χ1v) is 15.2. The molecule has 5 aromatic rings. The lowest BCUT2D eigenvalue weighted by molar-refractivity contribution is 0.134. The van der Waals surface area contributed by atoms with E-state index in [1.54, 1.807) is 48.3 Å². The molecular weight excluding hydrogens is 597 g/mol. The van der Waals surface area contributed by atoms with Crippen LogP contribution in [0.3, 0.4) is 0 Å². The summed E-state index contributed by atoms with van der Waals surface area (Å²) in [5, 5.41) is 8.28. The van der Waals surface area contributed by atoms with E-state index in [-0.39, 0.29) is 5.56 Å². The van der Waals surface area contributed by atoms with Crippen molar-refractivity contribution in [3.63, 3.8) is 0 Å². The summed E-state index contributed by atoms with van der Waals surface area (Å²) in [6.45, 7) is 5.97. The molecule has 0 radical (unpaired) electrons. The second kappa shape index (κ2) is 13.2. The van der Waals surface area contributed by atoms with Gasteiger partial charge in [-0.2, -0.15) is 0 Å². The summed E-state index contributed by atoms with van der Waals surface area (Å²) >= 11 is 12.8. The Balaban J connectivity index is 1.11. The predicted molar refractivity (Wildman–Crippen MR) is 179 cm³/mol. The van der Waals surface area contributed by atoms with Gasteiger partial charge in [0.15, 0.2) is 0 Å². The van der Waals surface area contributed by atoms with E-state index < -0.39 is 0 Å². The lowest BCUT2D eigenvalue weighted by atomic mass is 10.1. The van der Waals surface area contributed by atoms with Crippen molar-refractivity contribution in [2.24, 2.45) is 7.05 Å². The number of nitrogens with one attached hydrogen (secondary N) is 2. The third-order valence-corrected chi connectivity index (χ3v) is 8.40. The van der Waals surface area contributed by atoms with Crippen LogP contribution in [0.2, 0.25) is 10.0 Å². The number of hydrogen-bond acceptors (Lipinski definition) is 8. The fourth-order valence-corrected chi connectivity index (χ4v) is 5.84. The number of rotatable bonds is 9. The Bertz CT molecular complexity index is 1820. The van der Waals surface area contributed by atoms with E-state index in [0.29, 0.717) is 39.4 Å². The Morgan fingerprint density at radius 3 is 2.30 bits per heavy atom. The van der Waals surface area contributed by atoms with E-state index >= 15 is 0 Å². The monoisotopic (exact) mass is 629 g/mol. The number of benzene rings is 2. The number of piperazine rings is 1. The van der Waals surface area contributed by atoms with Crippen LogP contribution in [-0.4, -0.2) is 70.7 Å². The molecule has 0 spiro atoms. The van der Waals surface area contributed by atoms with Crippen LogP contribution in [0, 0.1) is 0 Å². The van der Waals surface area contributed by atoms with Crippen molar-refractivity contribution in [2.45, 2.75) is 0 Å². The molecule has 1 aliphatic heterocycles. The van der Waals surface area contributed by atoms with Crippen LogP contribution in [0.5, 0.6) is 5.75 Å². The minimum atomic E-state index is -0.202. The zero-order valence-corrected chi connectivity index (χ0v) is 26.1. The van der Waals surface area contributed by atoms with Crippen LogP contribution >= 0.6 is 23.2 Å². The largest absolute Gasteiger partial charge is 0.492 e. The van der Waals surface area contributed by atoms with Crippen LogP contribution in [0.4, 0.5) is 23.0 Å². The summed E-state index contributed by atoms with van der Waals surface area (Å²) in [6, 6.07) is 20.4. The molecule has 0 bridgehead atoms. The van der Waals surface area contributed by atoms with Gasteiger partial charge in [0, 0.05) is 86.6 Å². The van der Waals surface area contributed by atoms with E-state index in [1.165, 1.54) is 0 Å². The highest BCUT2D eigenvalue weighted by Crippen LogP contribution is 2.34. The normalized spacial score (nSPS) is 14.1. The van der Waals surface area contributed by atoms with Gasteiger partial charge in [-0.15, -0.1) is 0 Å². The van der Waals surface area contributed by atoms with Crippen molar-refractivity contribution >= 4 is 57.1 Å². The second-order valence-electron chi connectivity index (χ2n) is 10.8. The van der Waals surface area contributed by atoms with Gasteiger partial charge in [0.25, 0.3) is 5.56 Å². The maximum Gasteiger partial charge on any atom is 0.258 e. The van der Waals surface area contributed by atoms with Crippen LogP contribution in [0.1, 0.15) is 0 Å². The number of hydrogen-bond donors (Lipinski definition) is 2. The molecule has 0 amide bonds. The molecule has 11 heteroatoms. The topological polar surface area (TPSA) is 87.5 Å². The Labute approximate surface area is 266 Å². The number of pyridine rings is 3. The summed E-state index contributed by atoms with van der Waals surface area (Å²) in [6.07, 6.45) is 3.44. The lowest BCUT2D eigenvalue weighted by Gasteiger charge is -2.32. The van der Waals surface area contributed by atoms with E-state index in [4.69, 9.17) is 27.9 Å². The molecule has 0 saturated carbocycles. The molecule has 226 valence electrons. The zero-order valence-electron chi connectivity index (χ0n) is 24.6. The molecule has 4 heterocycles. The van der Waals surface area contributed by atoms with Crippen molar-refractivity contribution in [1.82, 2.24) is 24.3 Å². The molecule has 1 aliphatic rings. The van der Waals surface area contributed by atoms with E-state index in [2.05, 4.69) is 37.4 Å². The van der Waals surface area contributed by atoms with Crippen LogP contribution in [-0.2, 0) is 7.05 Å². The van der Waals surface area contributed by atoms with Gasteiger partial charge in [-0.1, -0.05) is 29.3 Å². The molecule has 1 fully saturated rings. The van der Waals surface area contributed by atoms with Gasteiger partial charge >= 0.3 is 0 Å². The maximum absolute atomic E-state index is 13.3. The number of aryl methyl sites for hydroxylation is 1. The van der Waals surface area contributed by atoms with Crippen molar-refractivity contribution < 1.29 is 4.74 Å². The van der Waals surface area contributed by atoms with Crippen LogP contribution < -0.4 is 20.9 Å². The first kappa shape index (κ1) is 29.9. The van der Waals surface area contributed by atoms with Gasteiger partial charge in [0.2, 0.25) is 0 Å². The Kier molecular flexibility index (Phi) is 8.99. The smallest absolute Gasteiger partial charge is 0.258 e. The summed E-state index contributed by atoms with van der Waals surface area (Å²) in [4.78, 5) is 27.1. The molecule has 9 nitrogen and oxygen atoms in total. The van der Waals surface area contributed by atoms with Gasteiger partial charge in [-0.25, -0.2) is 9.97 Å². The molecule has 2 N–H and O–H groups in total. The molecule has 44 heavy (non-hydrogen) atoms. The molecule has 0 atom stereocenters. The summed E-state index contributed by atoms with van der Waals surface area (Å²) in [5.74, 6) is 2.10. The number of aromatic nitrogens is 3. The van der Waals surface area contributed by atoms with E-state index in [9.17, 15) is 4.79 Å². The number of ether oxygens (including phenoxy) is 1. The highest BCUT2D eigenvalue weighted by molar-refractivity contribution is 6.39. The number of halogens is 2. The fourth-order valence-electron chi connectivity index (χ4n) is 5.24. The highest BCUT2D eigenvalue weighted by atomic mass is 35.5. The van der Waals surface area contributed by atoms with Crippen molar-refractivity contribution in [3.05, 3.63) is 99.5 Å². The Morgan fingerprint density at radius 2 is 1.55 bits per heavy atom. The minimum Gasteiger partial charge on any atom is -0.492 e. The Morgan fingerprint density at radius 1 is 0.841 bits per heavy atom. The van der Waals surface area contributed by atoms with Crippen LogP contribution in [0.15, 0.2) is 83.9 Å². The summed E-state index contributed by atoms with van der Waals surface area (Å²) in [7, 11) is 3.88.